The van der Waals surface area contributed by atoms with Gasteiger partial charge in [-0.05, 0) is 105 Å². The predicted molar refractivity (Wildman–Crippen MR) is 172 cm³/mol. The molecule has 3 aromatic carbocycles. The molecule has 2 aromatic heterocycles. The number of hydrogen-bond donors (Lipinski definition) is 1. The van der Waals surface area contributed by atoms with Gasteiger partial charge in [-0.3, -0.25) is 4.98 Å². The van der Waals surface area contributed by atoms with E-state index < -0.39 is 0 Å². The van der Waals surface area contributed by atoms with Gasteiger partial charge >= 0.3 is 5.97 Å². The lowest BCUT2D eigenvalue weighted by Gasteiger charge is -2.28. The maximum atomic E-state index is 12.7. The van der Waals surface area contributed by atoms with Crippen LogP contribution in [-0.4, -0.2) is 27.7 Å². The Morgan fingerprint density at radius 3 is 2.23 bits per heavy atom. The monoisotopic (exact) mass is 588 g/mol. The zero-order chi connectivity index (χ0) is 30.1. The van der Waals surface area contributed by atoms with Crippen molar-refractivity contribution in [2.24, 2.45) is 0 Å². The van der Waals surface area contributed by atoms with Crippen molar-refractivity contribution < 1.29 is 14.3 Å². The molecule has 1 saturated heterocycles. The van der Waals surface area contributed by atoms with Gasteiger partial charge in [0, 0.05) is 23.3 Å². The second-order valence-corrected chi connectivity index (χ2v) is 11.0. The number of benzene rings is 3. The number of nitrogens with one attached hydrogen (secondary N) is 1. The van der Waals surface area contributed by atoms with Crippen LogP contribution in [0.1, 0.15) is 50.7 Å². The Bertz CT molecular complexity index is 1780. The number of thiocarbonyl (C=S) groups is 1. The van der Waals surface area contributed by atoms with E-state index in [1.807, 2.05) is 91.9 Å². The topological polar surface area (TPSA) is 68.6 Å². The summed E-state index contributed by atoms with van der Waals surface area (Å²) in [5.41, 5.74) is 7.31. The largest absolute Gasteiger partial charge is 0.465 e. The molecule has 1 fully saturated rings. The number of anilines is 1. The highest BCUT2D eigenvalue weighted by atomic mass is 32.1. The fourth-order valence-corrected chi connectivity index (χ4v) is 6.12. The van der Waals surface area contributed by atoms with E-state index in [0.717, 1.165) is 45.5 Å². The van der Waals surface area contributed by atoms with Gasteiger partial charge in [-0.2, -0.15) is 0 Å². The number of pyridine rings is 1. The zero-order valence-corrected chi connectivity index (χ0v) is 25.3. The van der Waals surface area contributed by atoms with E-state index in [9.17, 15) is 4.79 Å². The van der Waals surface area contributed by atoms with E-state index in [1.165, 1.54) is 12.7 Å². The molecule has 7 nitrogen and oxygen atoms in total. The van der Waals surface area contributed by atoms with Gasteiger partial charge in [0.15, 0.2) is 5.11 Å². The second kappa shape index (κ2) is 11.7. The van der Waals surface area contributed by atoms with Crippen molar-refractivity contribution in [3.63, 3.8) is 0 Å². The summed E-state index contributed by atoms with van der Waals surface area (Å²) in [5.74, 6) is 1.14. The van der Waals surface area contributed by atoms with Crippen molar-refractivity contribution in [1.82, 2.24) is 14.9 Å². The van der Waals surface area contributed by atoms with Crippen LogP contribution in [0, 0.1) is 20.8 Å². The summed E-state index contributed by atoms with van der Waals surface area (Å²) < 4.78 is 13.3. The normalized spacial score (nSPS) is 16.2. The van der Waals surface area contributed by atoms with Crippen molar-refractivity contribution in [1.29, 1.82) is 0 Å². The molecule has 216 valence electrons. The average Bonchev–Trinajstić information content (AvgIpc) is 3.53. The highest BCUT2D eigenvalue weighted by Crippen LogP contribution is 2.44. The summed E-state index contributed by atoms with van der Waals surface area (Å²) in [7, 11) is 1.40. The second-order valence-electron chi connectivity index (χ2n) is 10.6. The number of esters is 1. The minimum Gasteiger partial charge on any atom is -0.465 e. The van der Waals surface area contributed by atoms with Gasteiger partial charge in [0.2, 0.25) is 0 Å². The SMILES string of the molecule is COC(=O)c1ccccc1-n1c(C)cc([C@H]2[C@H](c3ccccn3)NC(=S)N2c2ccc(Oc3ccc(C)cc3)cc2)c1C. The third kappa shape index (κ3) is 5.37. The van der Waals surface area contributed by atoms with Gasteiger partial charge in [-0.25, -0.2) is 4.79 Å². The van der Waals surface area contributed by atoms with Crippen LogP contribution in [0.15, 0.2) is 103 Å². The Hall–Kier alpha value is -4.95. The molecule has 0 radical (unpaired) electrons. The molecule has 1 aliphatic heterocycles. The van der Waals surface area contributed by atoms with Gasteiger partial charge in [-0.15, -0.1) is 0 Å². The maximum absolute atomic E-state index is 12.7. The lowest BCUT2D eigenvalue weighted by Crippen LogP contribution is -2.29. The standard InChI is InChI=1S/C35H32N4O3S/c1-22-12-16-26(17-13-22)42-27-18-14-25(15-19-27)39-33(32(37-35(39)43)30-10-7-8-20-36-30)29-21-23(2)38(24(29)3)31-11-6-5-9-28(31)34(40)41-4/h5-21,32-33H,1-4H3,(H,37,43)/t32-,33-/m0/s1. The van der Waals surface area contributed by atoms with E-state index >= 15 is 0 Å². The molecule has 43 heavy (non-hydrogen) atoms. The lowest BCUT2D eigenvalue weighted by atomic mass is 9.96. The molecule has 0 spiro atoms. The molecule has 0 saturated carbocycles. The number of aryl methyl sites for hydroxylation is 2. The first-order chi connectivity index (χ1) is 20.9. The first-order valence-corrected chi connectivity index (χ1v) is 14.5. The van der Waals surface area contributed by atoms with Gasteiger partial charge in [0.1, 0.15) is 11.5 Å². The smallest absolute Gasteiger partial charge is 0.339 e. The molecule has 0 bridgehead atoms. The highest BCUT2D eigenvalue weighted by Gasteiger charge is 2.42. The summed E-state index contributed by atoms with van der Waals surface area (Å²) in [6.45, 7) is 6.17. The first kappa shape index (κ1) is 28.2. The van der Waals surface area contributed by atoms with Crippen molar-refractivity contribution >= 4 is 29.0 Å². The molecule has 5 aromatic rings. The number of carbonyl (C=O) groups is 1. The van der Waals surface area contributed by atoms with Crippen molar-refractivity contribution in [3.05, 3.63) is 137 Å². The third-order valence-electron chi connectivity index (χ3n) is 7.81. The van der Waals surface area contributed by atoms with Crippen LogP contribution in [-0.2, 0) is 4.74 Å². The average molecular weight is 589 g/mol. The number of hydrogen-bond acceptors (Lipinski definition) is 5. The number of carbonyl (C=O) groups excluding carboxylic acids is 1. The van der Waals surface area contributed by atoms with E-state index in [-0.39, 0.29) is 18.1 Å². The van der Waals surface area contributed by atoms with Gasteiger partial charge < -0.3 is 24.3 Å². The Morgan fingerprint density at radius 1 is 0.884 bits per heavy atom. The van der Waals surface area contributed by atoms with Crippen LogP contribution >= 0.6 is 12.2 Å². The molecule has 3 heterocycles. The van der Waals surface area contributed by atoms with Gasteiger partial charge in [0.25, 0.3) is 0 Å². The molecule has 1 aliphatic rings. The van der Waals surface area contributed by atoms with Crippen molar-refractivity contribution in [2.75, 3.05) is 12.0 Å². The Balaban J connectivity index is 1.43. The number of methoxy groups -OCH3 is 1. The Morgan fingerprint density at radius 2 is 1.56 bits per heavy atom. The summed E-state index contributed by atoms with van der Waals surface area (Å²) in [4.78, 5) is 19.5. The van der Waals surface area contributed by atoms with E-state index in [1.54, 1.807) is 12.3 Å². The lowest BCUT2D eigenvalue weighted by molar-refractivity contribution is 0.0600. The molecule has 1 N–H and O–H groups in total. The molecule has 0 unspecified atom stereocenters. The zero-order valence-electron chi connectivity index (χ0n) is 24.4. The highest BCUT2D eigenvalue weighted by molar-refractivity contribution is 7.80. The maximum Gasteiger partial charge on any atom is 0.339 e. The van der Waals surface area contributed by atoms with Gasteiger partial charge in [0.05, 0.1) is 36.1 Å². The molecule has 0 aliphatic carbocycles. The summed E-state index contributed by atoms with van der Waals surface area (Å²) in [5, 5.41) is 4.15. The Labute approximate surface area is 256 Å². The number of rotatable bonds is 7. The third-order valence-corrected chi connectivity index (χ3v) is 8.12. The van der Waals surface area contributed by atoms with Crippen LogP contribution in [0.2, 0.25) is 0 Å². The number of para-hydroxylation sites is 1. The Kier molecular flexibility index (Phi) is 7.69. The summed E-state index contributed by atoms with van der Waals surface area (Å²) in [6, 6.07) is 31.1. The van der Waals surface area contributed by atoms with Crippen LogP contribution in [0.4, 0.5) is 5.69 Å². The fraction of sp³-hybridized carbons (Fsp3) is 0.171. The molecule has 0 amide bonds. The molecule has 6 rings (SSSR count). The number of ether oxygens (including phenoxy) is 2. The van der Waals surface area contributed by atoms with Crippen LogP contribution in [0.5, 0.6) is 11.5 Å². The van der Waals surface area contributed by atoms with Crippen LogP contribution in [0.3, 0.4) is 0 Å². The van der Waals surface area contributed by atoms with Crippen LogP contribution < -0.4 is 15.0 Å². The molecule has 8 heteroatoms. The summed E-state index contributed by atoms with van der Waals surface area (Å²) >= 11 is 5.96. The minimum absolute atomic E-state index is 0.206. The van der Waals surface area contributed by atoms with E-state index in [4.69, 9.17) is 26.7 Å². The number of aromatic nitrogens is 2. The predicted octanol–water partition coefficient (Wildman–Crippen LogP) is 7.55. The van der Waals surface area contributed by atoms with Crippen molar-refractivity contribution in [2.45, 2.75) is 32.9 Å². The van der Waals surface area contributed by atoms with Gasteiger partial charge in [-0.1, -0.05) is 35.9 Å². The van der Waals surface area contributed by atoms with E-state index in [2.05, 4.69) is 34.7 Å². The number of nitrogens with zero attached hydrogens (tertiary/aromatic N) is 3. The van der Waals surface area contributed by atoms with Crippen molar-refractivity contribution in [3.8, 4) is 17.2 Å². The molecular weight excluding hydrogens is 556 g/mol. The molecule has 2 atom stereocenters. The fourth-order valence-electron chi connectivity index (χ4n) is 5.78. The first-order valence-electron chi connectivity index (χ1n) is 14.1. The summed E-state index contributed by atoms with van der Waals surface area (Å²) in [6.07, 6.45) is 1.80. The minimum atomic E-state index is -0.380. The molecular formula is C35H32N4O3S. The van der Waals surface area contributed by atoms with Crippen LogP contribution in [0.25, 0.3) is 5.69 Å². The quantitative estimate of drug-likeness (QED) is 0.155. The van der Waals surface area contributed by atoms with E-state index in [0.29, 0.717) is 10.7 Å².